The molecule has 0 spiro atoms. The average Bonchev–Trinajstić information content (AvgIpc) is 3.63. The maximum absolute atomic E-state index is 15.9. The Morgan fingerprint density at radius 1 is 1.09 bits per heavy atom. The van der Waals surface area contributed by atoms with Gasteiger partial charge in [0.15, 0.2) is 11.6 Å². The molecule has 240 valence electrons. The standard InChI is InChI=1S/C29H42F3N5O5S/c1-16(2)13-41-14-24(33)25(15-42-22-9-20(30)8-21(31)10-22)35-29(38)23-11-26(34-12-19-7-18(19)5)36-28(27(23)32)37(6)43(39,40)17(3)4/h8-11,16-19,24-25H,7,12-15,33H2,1-6H3,(H,34,36)(H,35,38). The summed E-state index contributed by atoms with van der Waals surface area (Å²) >= 11 is 0. The van der Waals surface area contributed by atoms with Crippen LogP contribution in [0.15, 0.2) is 24.3 Å². The number of carbonyl (C=O) groups is 1. The number of sulfonamides is 1. The van der Waals surface area contributed by atoms with Gasteiger partial charge in [-0.3, -0.25) is 9.10 Å². The van der Waals surface area contributed by atoms with E-state index in [-0.39, 0.29) is 30.7 Å². The van der Waals surface area contributed by atoms with Crippen LogP contribution in [0.5, 0.6) is 5.75 Å². The van der Waals surface area contributed by atoms with Crippen LogP contribution in [0.3, 0.4) is 0 Å². The molecule has 14 heteroatoms. The molecule has 1 aliphatic carbocycles. The highest BCUT2D eigenvalue weighted by atomic mass is 32.2. The topological polar surface area (TPSA) is 136 Å². The fourth-order valence-electron chi connectivity index (χ4n) is 4.21. The van der Waals surface area contributed by atoms with E-state index in [9.17, 15) is 22.0 Å². The number of hydrogen-bond acceptors (Lipinski definition) is 8. The maximum atomic E-state index is 15.9. The van der Waals surface area contributed by atoms with Crippen LogP contribution in [0.25, 0.3) is 0 Å². The SMILES string of the molecule is CC(C)COCC(N)C(COc1cc(F)cc(F)c1)NC(=O)c1cc(NCC2CC2C)nc(N(C)S(=O)(=O)C(C)C)c1F. The van der Waals surface area contributed by atoms with Gasteiger partial charge in [0.1, 0.15) is 29.8 Å². The van der Waals surface area contributed by atoms with Crippen LogP contribution in [-0.4, -0.2) is 70.1 Å². The number of benzene rings is 1. The van der Waals surface area contributed by atoms with Crippen molar-refractivity contribution in [2.24, 2.45) is 23.5 Å². The lowest BCUT2D eigenvalue weighted by atomic mass is 10.1. The zero-order valence-corrected chi connectivity index (χ0v) is 26.2. The first-order chi connectivity index (χ1) is 20.1. The summed E-state index contributed by atoms with van der Waals surface area (Å²) in [6, 6.07) is 1.99. The lowest BCUT2D eigenvalue weighted by Gasteiger charge is -2.26. The summed E-state index contributed by atoms with van der Waals surface area (Å²) in [5.41, 5.74) is 5.85. The number of rotatable bonds is 16. The highest BCUT2D eigenvalue weighted by molar-refractivity contribution is 7.93. The number of ether oxygens (including phenoxy) is 2. The Labute approximate surface area is 251 Å². The van der Waals surface area contributed by atoms with Gasteiger partial charge in [-0.05, 0) is 44.1 Å². The van der Waals surface area contributed by atoms with E-state index in [1.165, 1.54) is 27.0 Å². The summed E-state index contributed by atoms with van der Waals surface area (Å²) in [4.78, 5) is 17.7. The van der Waals surface area contributed by atoms with Crippen LogP contribution in [-0.2, 0) is 14.8 Å². The minimum absolute atomic E-state index is 0.00414. The van der Waals surface area contributed by atoms with Crippen molar-refractivity contribution >= 4 is 27.6 Å². The molecular formula is C29H42F3N5O5S. The minimum Gasteiger partial charge on any atom is -0.491 e. The summed E-state index contributed by atoms with van der Waals surface area (Å²) in [6.45, 7) is 9.45. The summed E-state index contributed by atoms with van der Waals surface area (Å²) in [6.07, 6.45) is 1.00. The van der Waals surface area contributed by atoms with Crippen molar-refractivity contribution in [3.05, 3.63) is 47.3 Å². The normalized spacial score (nSPS) is 18.0. The molecule has 43 heavy (non-hydrogen) atoms. The van der Waals surface area contributed by atoms with Gasteiger partial charge >= 0.3 is 0 Å². The van der Waals surface area contributed by atoms with Gasteiger partial charge in [0.25, 0.3) is 5.91 Å². The number of halogens is 3. The predicted molar refractivity (Wildman–Crippen MR) is 159 cm³/mol. The number of nitrogens with two attached hydrogens (primary N) is 1. The van der Waals surface area contributed by atoms with E-state index in [2.05, 4.69) is 22.5 Å². The van der Waals surface area contributed by atoms with Crippen molar-refractivity contribution in [3.63, 3.8) is 0 Å². The molecule has 3 rings (SSSR count). The monoisotopic (exact) mass is 629 g/mol. The number of carbonyl (C=O) groups excluding carboxylic acids is 1. The van der Waals surface area contributed by atoms with E-state index in [0.29, 0.717) is 31.1 Å². The number of anilines is 2. The summed E-state index contributed by atoms with van der Waals surface area (Å²) in [5.74, 6) is -3.23. The van der Waals surface area contributed by atoms with E-state index in [1.54, 1.807) is 0 Å². The molecular weight excluding hydrogens is 587 g/mol. The fraction of sp³-hybridized carbons (Fsp3) is 0.586. The van der Waals surface area contributed by atoms with Crippen molar-refractivity contribution in [2.45, 2.75) is 58.4 Å². The zero-order valence-electron chi connectivity index (χ0n) is 25.4. The highest BCUT2D eigenvalue weighted by Crippen LogP contribution is 2.37. The Balaban J connectivity index is 1.92. The third-order valence-corrected chi connectivity index (χ3v) is 9.27. The average molecular weight is 630 g/mol. The van der Waals surface area contributed by atoms with Gasteiger partial charge in [-0.2, -0.15) is 0 Å². The van der Waals surface area contributed by atoms with Gasteiger partial charge in [0.05, 0.1) is 29.5 Å². The number of hydrogen-bond donors (Lipinski definition) is 3. The Bertz CT molecular complexity index is 1360. The van der Waals surface area contributed by atoms with Gasteiger partial charge in [-0.1, -0.05) is 20.8 Å². The van der Waals surface area contributed by atoms with E-state index in [1.807, 2.05) is 13.8 Å². The first-order valence-electron chi connectivity index (χ1n) is 14.2. The van der Waals surface area contributed by atoms with Crippen LogP contribution in [0.1, 0.15) is 51.4 Å². The number of nitrogens with zero attached hydrogens (tertiary/aromatic N) is 2. The first-order valence-corrected chi connectivity index (χ1v) is 15.8. The molecule has 4 atom stereocenters. The Morgan fingerprint density at radius 3 is 2.28 bits per heavy atom. The molecule has 0 bridgehead atoms. The molecule has 1 aromatic carbocycles. The van der Waals surface area contributed by atoms with Gasteiger partial charge in [0, 0.05) is 38.4 Å². The van der Waals surface area contributed by atoms with Crippen LogP contribution in [0.2, 0.25) is 0 Å². The third-order valence-electron chi connectivity index (χ3n) is 7.14. The Morgan fingerprint density at radius 2 is 1.72 bits per heavy atom. The second-order valence-corrected chi connectivity index (χ2v) is 14.2. The number of nitrogens with one attached hydrogen (secondary N) is 2. The van der Waals surface area contributed by atoms with Gasteiger partial charge in [-0.25, -0.2) is 26.6 Å². The molecule has 10 nitrogen and oxygen atoms in total. The summed E-state index contributed by atoms with van der Waals surface area (Å²) in [7, 11) is -2.81. The molecule has 1 aromatic heterocycles. The highest BCUT2D eigenvalue weighted by Gasteiger charge is 2.33. The van der Waals surface area contributed by atoms with Crippen molar-refractivity contribution in [1.82, 2.24) is 10.3 Å². The van der Waals surface area contributed by atoms with Crippen molar-refractivity contribution in [3.8, 4) is 5.75 Å². The van der Waals surface area contributed by atoms with E-state index in [4.69, 9.17) is 15.2 Å². The predicted octanol–water partition coefficient (Wildman–Crippen LogP) is 3.92. The van der Waals surface area contributed by atoms with Crippen LogP contribution in [0, 0.1) is 35.2 Å². The van der Waals surface area contributed by atoms with E-state index < -0.39 is 62.1 Å². The zero-order chi connectivity index (χ0) is 32.1. The molecule has 1 heterocycles. The van der Waals surface area contributed by atoms with Gasteiger partial charge in [-0.15, -0.1) is 0 Å². The quantitative estimate of drug-likeness (QED) is 0.254. The maximum Gasteiger partial charge on any atom is 0.254 e. The lowest BCUT2D eigenvalue weighted by molar-refractivity contribution is 0.0751. The fourth-order valence-corrected chi connectivity index (χ4v) is 5.20. The van der Waals surface area contributed by atoms with Crippen LogP contribution >= 0.6 is 0 Å². The minimum atomic E-state index is -3.99. The second kappa shape index (κ2) is 14.6. The lowest BCUT2D eigenvalue weighted by Crippen LogP contribution is -2.53. The van der Waals surface area contributed by atoms with E-state index >= 15 is 4.39 Å². The summed E-state index contributed by atoms with van der Waals surface area (Å²) in [5, 5.41) is 4.84. The molecule has 4 N–H and O–H groups in total. The molecule has 4 unspecified atom stereocenters. The number of aromatic nitrogens is 1. The first kappa shape index (κ1) is 34.4. The molecule has 1 fully saturated rings. The van der Waals surface area contributed by atoms with Gasteiger partial charge in [0.2, 0.25) is 10.0 Å². The smallest absolute Gasteiger partial charge is 0.254 e. The Kier molecular flexibility index (Phi) is 11.7. The van der Waals surface area contributed by atoms with Gasteiger partial charge < -0.3 is 25.8 Å². The third kappa shape index (κ3) is 9.44. The molecule has 1 amide bonds. The van der Waals surface area contributed by atoms with Crippen LogP contribution < -0.4 is 25.4 Å². The molecule has 1 aliphatic rings. The molecule has 2 aromatic rings. The molecule has 1 saturated carbocycles. The largest absolute Gasteiger partial charge is 0.491 e. The van der Waals surface area contributed by atoms with Crippen molar-refractivity contribution in [2.75, 3.05) is 43.0 Å². The van der Waals surface area contributed by atoms with Crippen LogP contribution in [0.4, 0.5) is 24.8 Å². The molecule has 0 saturated heterocycles. The molecule has 0 radical (unpaired) electrons. The molecule has 0 aliphatic heterocycles. The summed E-state index contributed by atoms with van der Waals surface area (Å²) < 4.78 is 80.9. The number of pyridine rings is 1. The van der Waals surface area contributed by atoms with Crippen molar-refractivity contribution in [1.29, 1.82) is 0 Å². The van der Waals surface area contributed by atoms with E-state index in [0.717, 1.165) is 22.9 Å². The van der Waals surface area contributed by atoms with Crippen molar-refractivity contribution < 1.29 is 35.9 Å². The second-order valence-electron chi connectivity index (χ2n) is 11.7. The number of amides is 1. The Hall–Kier alpha value is -3.10.